The Morgan fingerprint density at radius 3 is 2.52 bits per heavy atom. The van der Waals surface area contributed by atoms with Gasteiger partial charge in [0.15, 0.2) is 0 Å². The minimum Gasteiger partial charge on any atom is -0.469 e. The fraction of sp³-hybridized carbons (Fsp3) is 0.353. The molecule has 1 aromatic heterocycles. The van der Waals surface area contributed by atoms with E-state index in [0.29, 0.717) is 23.8 Å². The number of hydrogen-bond donors (Lipinski definition) is 2. The van der Waals surface area contributed by atoms with E-state index in [1.807, 2.05) is 31.2 Å². The van der Waals surface area contributed by atoms with Gasteiger partial charge in [0, 0.05) is 18.2 Å². The van der Waals surface area contributed by atoms with Crippen molar-refractivity contribution in [3.63, 3.8) is 0 Å². The number of anilines is 1. The van der Waals surface area contributed by atoms with Crippen molar-refractivity contribution in [1.82, 2.24) is 5.32 Å². The van der Waals surface area contributed by atoms with Crippen molar-refractivity contribution >= 4 is 11.6 Å². The number of hydrogen-bond acceptors (Lipinski definition) is 3. The zero-order chi connectivity index (χ0) is 15.2. The molecule has 0 fully saturated rings. The predicted molar refractivity (Wildman–Crippen MR) is 84.6 cm³/mol. The number of carbonyl (C=O) groups excluding carboxylic acids is 1. The van der Waals surface area contributed by atoms with Crippen LogP contribution in [0.15, 0.2) is 41.0 Å². The molecule has 0 saturated heterocycles. The molecule has 1 heterocycles. The van der Waals surface area contributed by atoms with E-state index in [-0.39, 0.29) is 5.91 Å². The van der Waals surface area contributed by atoms with Gasteiger partial charge in [0.25, 0.3) is 5.91 Å². The number of furan rings is 1. The lowest BCUT2D eigenvalue weighted by atomic mass is 10.1. The van der Waals surface area contributed by atoms with Crippen LogP contribution in [0.1, 0.15) is 48.5 Å². The Labute approximate surface area is 125 Å². The van der Waals surface area contributed by atoms with Gasteiger partial charge in [-0.25, -0.2) is 0 Å². The molecule has 0 aliphatic heterocycles. The second-order valence-corrected chi connectivity index (χ2v) is 4.97. The molecule has 1 unspecified atom stereocenters. The average Bonchev–Trinajstić information content (AvgIpc) is 2.97. The number of aryl methyl sites for hydroxylation is 1. The Kier molecular flexibility index (Phi) is 5.17. The van der Waals surface area contributed by atoms with Gasteiger partial charge in [0.2, 0.25) is 0 Å². The zero-order valence-electron chi connectivity index (χ0n) is 12.8. The second-order valence-electron chi connectivity index (χ2n) is 4.97. The van der Waals surface area contributed by atoms with Gasteiger partial charge < -0.3 is 15.1 Å². The molecule has 1 atom stereocenters. The van der Waals surface area contributed by atoms with E-state index in [9.17, 15) is 4.79 Å². The van der Waals surface area contributed by atoms with Crippen LogP contribution in [-0.4, -0.2) is 12.5 Å². The van der Waals surface area contributed by atoms with E-state index in [4.69, 9.17) is 4.42 Å². The summed E-state index contributed by atoms with van der Waals surface area (Å²) in [5.74, 6) is 0.581. The van der Waals surface area contributed by atoms with Crippen molar-refractivity contribution in [1.29, 1.82) is 0 Å². The first-order chi connectivity index (χ1) is 10.2. The molecular formula is C17H22N2O2. The highest BCUT2D eigenvalue weighted by Gasteiger charge is 2.13. The normalized spacial score (nSPS) is 12.1. The Bertz CT molecular complexity index is 587. The summed E-state index contributed by atoms with van der Waals surface area (Å²) in [7, 11) is 0. The van der Waals surface area contributed by atoms with Crippen LogP contribution in [0, 0.1) is 0 Å². The van der Waals surface area contributed by atoms with E-state index < -0.39 is 0 Å². The topological polar surface area (TPSA) is 54.3 Å². The van der Waals surface area contributed by atoms with Gasteiger partial charge in [-0.15, -0.1) is 0 Å². The number of nitrogens with one attached hydrogen (secondary N) is 2. The van der Waals surface area contributed by atoms with Crippen molar-refractivity contribution < 1.29 is 9.21 Å². The molecule has 21 heavy (non-hydrogen) atoms. The standard InChI is InChI=1S/C17H22N2O2/c1-4-16-15(10-11-21-16)17(20)19-14-8-6-13(7-9-14)12(3)18-5-2/h6-12,18H,4-5H2,1-3H3,(H,19,20). The Morgan fingerprint density at radius 1 is 1.19 bits per heavy atom. The van der Waals surface area contributed by atoms with Crippen molar-refractivity contribution in [2.45, 2.75) is 33.2 Å². The maximum atomic E-state index is 12.2. The highest BCUT2D eigenvalue weighted by Crippen LogP contribution is 2.18. The van der Waals surface area contributed by atoms with Crippen LogP contribution < -0.4 is 10.6 Å². The summed E-state index contributed by atoms with van der Waals surface area (Å²) in [6.45, 7) is 7.10. The summed E-state index contributed by atoms with van der Waals surface area (Å²) in [6, 6.07) is 9.91. The van der Waals surface area contributed by atoms with Gasteiger partial charge in [-0.3, -0.25) is 4.79 Å². The van der Waals surface area contributed by atoms with Crippen molar-refractivity contribution in [3.8, 4) is 0 Å². The minimum absolute atomic E-state index is 0.131. The maximum absolute atomic E-state index is 12.2. The highest BCUT2D eigenvalue weighted by atomic mass is 16.3. The third-order valence-electron chi connectivity index (χ3n) is 3.49. The second kappa shape index (κ2) is 7.09. The van der Waals surface area contributed by atoms with Gasteiger partial charge >= 0.3 is 0 Å². The molecule has 4 heteroatoms. The molecule has 0 bridgehead atoms. The van der Waals surface area contributed by atoms with Crippen LogP contribution in [0.25, 0.3) is 0 Å². The SMILES string of the molecule is CCNC(C)c1ccc(NC(=O)c2ccoc2CC)cc1. The first kappa shape index (κ1) is 15.3. The van der Waals surface area contributed by atoms with Gasteiger partial charge in [0.1, 0.15) is 5.76 Å². The molecule has 4 nitrogen and oxygen atoms in total. The number of carbonyl (C=O) groups is 1. The summed E-state index contributed by atoms with van der Waals surface area (Å²) in [6.07, 6.45) is 2.25. The molecule has 0 aliphatic rings. The molecule has 0 aliphatic carbocycles. The lowest BCUT2D eigenvalue weighted by molar-refractivity contribution is 0.102. The molecule has 1 aromatic carbocycles. The molecule has 1 amide bonds. The summed E-state index contributed by atoms with van der Waals surface area (Å²) in [4.78, 5) is 12.2. The van der Waals surface area contributed by atoms with E-state index >= 15 is 0 Å². The summed E-state index contributed by atoms with van der Waals surface area (Å²) in [5, 5.41) is 6.26. The minimum atomic E-state index is -0.131. The summed E-state index contributed by atoms with van der Waals surface area (Å²) < 4.78 is 5.28. The van der Waals surface area contributed by atoms with Gasteiger partial charge in [-0.1, -0.05) is 26.0 Å². The van der Waals surface area contributed by atoms with Crippen molar-refractivity contribution in [3.05, 3.63) is 53.5 Å². The highest BCUT2D eigenvalue weighted by molar-refractivity contribution is 6.04. The molecule has 112 valence electrons. The molecule has 0 spiro atoms. The quantitative estimate of drug-likeness (QED) is 0.850. The van der Waals surface area contributed by atoms with E-state index in [0.717, 1.165) is 12.2 Å². The van der Waals surface area contributed by atoms with Crippen LogP contribution in [0.4, 0.5) is 5.69 Å². The van der Waals surface area contributed by atoms with Gasteiger partial charge in [-0.05, 0) is 37.2 Å². The van der Waals surface area contributed by atoms with Crippen molar-refractivity contribution in [2.24, 2.45) is 0 Å². The molecular weight excluding hydrogens is 264 g/mol. The van der Waals surface area contributed by atoms with Gasteiger partial charge in [0.05, 0.1) is 11.8 Å². The Hall–Kier alpha value is -2.07. The lowest BCUT2D eigenvalue weighted by Crippen LogP contribution is -2.17. The van der Waals surface area contributed by atoms with Crippen LogP contribution in [-0.2, 0) is 6.42 Å². The fourth-order valence-corrected chi connectivity index (χ4v) is 2.29. The van der Waals surface area contributed by atoms with E-state index in [1.54, 1.807) is 12.3 Å². The fourth-order valence-electron chi connectivity index (χ4n) is 2.29. The molecule has 0 radical (unpaired) electrons. The number of benzene rings is 1. The largest absolute Gasteiger partial charge is 0.469 e. The molecule has 2 aromatic rings. The number of rotatable bonds is 6. The van der Waals surface area contributed by atoms with Crippen LogP contribution in [0.5, 0.6) is 0 Å². The predicted octanol–water partition coefficient (Wildman–Crippen LogP) is 3.76. The summed E-state index contributed by atoms with van der Waals surface area (Å²) >= 11 is 0. The van der Waals surface area contributed by atoms with E-state index in [1.165, 1.54) is 5.56 Å². The first-order valence-electron chi connectivity index (χ1n) is 7.36. The maximum Gasteiger partial charge on any atom is 0.259 e. The zero-order valence-corrected chi connectivity index (χ0v) is 12.8. The van der Waals surface area contributed by atoms with Crippen LogP contribution >= 0.6 is 0 Å². The smallest absolute Gasteiger partial charge is 0.259 e. The van der Waals surface area contributed by atoms with Crippen molar-refractivity contribution in [2.75, 3.05) is 11.9 Å². The Morgan fingerprint density at radius 2 is 1.90 bits per heavy atom. The van der Waals surface area contributed by atoms with E-state index in [2.05, 4.69) is 24.5 Å². The molecule has 0 saturated carbocycles. The number of amides is 1. The van der Waals surface area contributed by atoms with Crippen LogP contribution in [0.3, 0.4) is 0 Å². The first-order valence-corrected chi connectivity index (χ1v) is 7.36. The molecule has 2 N–H and O–H groups in total. The third-order valence-corrected chi connectivity index (χ3v) is 3.49. The Balaban J connectivity index is 2.05. The van der Waals surface area contributed by atoms with Gasteiger partial charge in [-0.2, -0.15) is 0 Å². The average molecular weight is 286 g/mol. The lowest BCUT2D eigenvalue weighted by Gasteiger charge is -2.13. The summed E-state index contributed by atoms with van der Waals surface area (Å²) in [5.41, 5.74) is 2.59. The monoisotopic (exact) mass is 286 g/mol. The third kappa shape index (κ3) is 3.73. The van der Waals surface area contributed by atoms with Crippen LogP contribution in [0.2, 0.25) is 0 Å². The molecule has 2 rings (SSSR count).